The maximum absolute atomic E-state index is 12.0. The number of carboxylic acid groups (broad SMARTS) is 1. The number of nitrogens with zero attached hydrogens (tertiary/aromatic N) is 2. The van der Waals surface area contributed by atoms with Gasteiger partial charge < -0.3 is 10.4 Å². The van der Waals surface area contributed by atoms with Crippen LogP contribution in [0, 0.1) is 19.3 Å². The molecular formula is C14H23N3O3. The van der Waals surface area contributed by atoms with Gasteiger partial charge in [-0.15, -0.1) is 0 Å². The predicted octanol–water partition coefficient (Wildman–Crippen LogP) is 2.52. The highest BCUT2D eigenvalue weighted by atomic mass is 16.4. The third-order valence-electron chi connectivity index (χ3n) is 3.26. The lowest BCUT2D eigenvalue weighted by molar-refractivity contribution is -0.148. The Kier molecular flexibility index (Phi) is 4.57. The van der Waals surface area contributed by atoms with E-state index < -0.39 is 11.4 Å². The second-order valence-electron chi connectivity index (χ2n) is 6.00. The first kappa shape index (κ1) is 16.2. The van der Waals surface area contributed by atoms with Crippen LogP contribution in [-0.4, -0.2) is 26.8 Å². The van der Waals surface area contributed by atoms with Crippen LogP contribution in [-0.2, 0) is 9.59 Å². The van der Waals surface area contributed by atoms with Gasteiger partial charge in [0.2, 0.25) is 5.91 Å². The number of hydrogen-bond acceptors (Lipinski definition) is 3. The van der Waals surface area contributed by atoms with Crippen LogP contribution < -0.4 is 5.32 Å². The summed E-state index contributed by atoms with van der Waals surface area (Å²) in [5.41, 5.74) is 1.20. The molecule has 0 radical (unpaired) electrons. The number of aryl methyl sites for hydroxylation is 1. The Balaban J connectivity index is 2.90. The lowest BCUT2D eigenvalue weighted by atomic mass is 9.89. The normalized spacial score (nSPS) is 11.8. The molecule has 0 saturated heterocycles. The first-order valence-electron chi connectivity index (χ1n) is 6.65. The summed E-state index contributed by atoms with van der Waals surface area (Å²) in [7, 11) is 0. The van der Waals surface area contributed by atoms with Gasteiger partial charge in [0.05, 0.1) is 22.5 Å². The summed E-state index contributed by atoms with van der Waals surface area (Å²) < 4.78 is 1.84. The van der Waals surface area contributed by atoms with E-state index in [4.69, 9.17) is 5.11 Å². The third-order valence-corrected chi connectivity index (χ3v) is 3.26. The predicted molar refractivity (Wildman–Crippen MR) is 76.7 cm³/mol. The molecule has 0 fully saturated rings. The molecule has 20 heavy (non-hydrogen) atoms. The van der Waals surface area contributed by atoms with Crippen molar-refractivity contribution in [3.05, 3.63) is 11.4 Å². The molecule has 0 aliphatic rings. The fourth-order valence-electron chi connectivity index (χ4n) is 2.01. The Morgan fingerprint density at radius 3 is 2.30 bits per heavy atom. The molecular weight excluding hydrogens is 258 g/mol. The van der Waals surface area contributed by atoms with Crippen molar-refractivity contribution in [1.29, 1.82) is 0 Å². The number of aliphatic carboxylic acids is 1. The van der Waals surface area contributed by atoms with E-state index in [1.807, 2.05) is 32.4 Å². The zero-order valence-corrected chi connectivity index (χ0v) is 12.9. The number of anilines is 1. The largest absolute Gasteiger partial charge is 0.481 e. The summed E-state index contributed by atoms with van der Waals surface area (Å²) in [5, 5.41) is 16.2. The van der Waals surface area contributed by atoms with Crippen molar-refractivity contribution in [1.82, 2.24) is 9.78 Å². The number of amides is 1. The lowest BCUT2D eigenvalue weighted by Crippen LogP contribution is -2.29. The first-order valence-corrected chi connectivity index (χ1v) is 6.65. The molecule has 1 heterocycles. The van der Waals surface area contributed by atoms with E-state index in [9.17, 15) is 9.59 Å². The molecule has 0 aromatic carbocycles. The van der Waals surface area contributed by atoms with Gasteiger partial charge >= 0.3 is 5.97 Å². The second-order valence-corrected chi connectivity index (χ2v) is 6.00. The van der Waals surface area contributed by atoms with Gasteiger partial charge in [0, 0.05) is 12.5 Å². The van der Waals surface area contributed by atoms with Crippen molar-refractivity contribution in [3.63, 3.8) is 0 Å². The molecule has 1 aromatic rings. The molecule has 0 spiro atoms. The van der Waals surface area contributed by atoms with Crippen molar-refractivity contribution >= 4 is 17.6 Å². The smallest absolute Gasteiger partial charge is 0.309 e. The summed E-state index contributed by atoms with van der Waals surface area (Å²) in [5.74, 6) is -1.30. The zero-order valence-electron chi connectivity index (χ0n) is 12.9. The molecule has 0 aliphatic carbocycles. The molecule has 1 rings (SSSR count). The average molecular weight is 281 g/mol. The number of hydrogen-bond donors (Lipinski definition) is 2. The average Bonchev–Trinajstić information content (AvgIpc) is 2.56. The molecule has 1 aromatic heterocycles. The monoisotopic (exact) mass is 281 g/mol. The number of carbonyl (C=O) groups excluding carboxylic acids is 1. The van der Waals surface area contributed by atoms with E-state index in [0.717, 1.165) is 11.4 Å². The van der Waals surface area contributed by atoms with E-state index in [0.29, 0.717) is 5.69 Å². The number of carboxylic acids is 1. The van der Waals surface area contributed by atoms with Crippen LogP contribution in [0.3, 0.4) is 0 Å². The SMILES string of the molecule is Cc1nn(C(C)C)c(C)c1NC(=O)CC(C)(C)C(=O)O. The highest BCUT2D eigenvalue weighted by Crippen LogP contribution is 2.25. The number of carbonyl (C=O) groups is 2. The minimum atomic E-state index is -1.08. The summed E-state index contributed by atoms with van der Waals surface area (Å²) in [4.78, 5) is 23.0. The van der Waals surface area contributed by atoms with Gasteiger partial charge in [0.1, 0.15) is 0 Å². The van der Waals surface area contributed by atoms with Gasteiger partial charge in [-0.2, -0.15) is 5.10 Å². The summed E-state index contributed by atoms with van der Waals surface area (Å²) in [6.45, 7) is 10.8. The van der Waals surface area contributed by atoms with Crippen LogP contribution in [0.5, 0.6) is 0 Å². The number of rotatable bonds is 5. The third kappa shape index (κ3) is 3.37. The fourth-order valence-corrected chi connectivity index (χ4v) is 2.01. The van der Waals surface area contributed by atoms with Gasteiger partial charge in [0.25, 0.3) is 0 Å². The van der Waals surface area contributed by atoms with E-state index in [2.05, 4.69) is 10.4 Å². The summed E-state index contributed by atoms with van der Waals surface area (Å²) in [6.07, 6.45) is -0.0753. The van der Waals surface area contributed by atoms with Gasteiger partial charge in [0.15, 0.2) is 0 Å². The highest BCUT2D eigenvalue weighted by Gasteiger charge is 2.30. The van der Waals surface area contributed by atoms with Crippen molar-refractivity contribution < 1.29 is 14.7 Å². The van der Waals surface area contributed by atoms with Crippen molar-refractivity contribution in [2.45, 2.75) is 54.0 Å². The Morgan fingerprint density at radius 1 is 1.35 bits per heavy atom. The van der Waals surface area contributed by atoms with Crippen molar-refractivity contribution in [2.24, 2.45) is 5.41 Å². The quantitative estimate of drug-likeness (QED) is 0.868. The Bertz CT molecular complexity index is 530. The molecule has 0 atom stereocenters. The zero-order chi connectivity index (χ0) is 15.7. The molecule has 0 saturated carbocycles. The Labute approximate surface area is 119 Å². The van der Waals surface area contributed by atoms with Crippen LogP contribution in [0.2, 0.25) is 0 Å². The van der Waals surface area contributed by atoms with Gasteiger partial charge in [-0.3, -0.25) is 14.3 Å². The number of aromatic nitrogens is 2. The van der Waals surface area contributed by atoms with E-state index >= 15 is 0 Å². The molecule has 0 unspecified atom stereocenters. The van der Waals surface area contributed by atoms with Crippen LogP contribution in [0.4, 0.5) is 5.69 Å². The van der Waals surface area contributed by atoms with Crippen LogP contribution >= 0.6 is 0 Å². The van der Waals surface area contributed by atoms with Crippen LogP contribution in [0.1, 0.15) is 51.5 Å². The Morgan fingerprint density at radius 2 is 1.90 bits per heavy atom. The molecule has 112 valence electrons. The Hall–Kier alpha value is -1.85. The van der Waals surface area contributed by atoms with E-state index in [1.54, 1.807) is 0 Å². The highest BCUT2D eigenvalue weighted by molar-refractivity contribution is 5.94. The second kappa shape index (κ2) is 5.64. The van der Waals surface area contributed by atoms with E-state index in [1.165, 1.54) is 13.8 Å². The maximum atomic E-state index is 12.0. The fraction of sp³-hybridized carbons (Fsp3) is 0.643. The van der Waals surface area contributed by atoms with Crippen LogP contribution in [0.15, 0.2) is 0 Å². The topological polar surface area (TPSA) is 84.2 Å². The molecule has 0 aliphatic heterocycles. The molecule has 2 N–H and O–H groups in total. The van der Waals surface area contributed by atoms with Gasteiger partial charge in [-0.1, -0.05) is 0 Å². The number of nitrogens with one attached hydrogen (secondary N) is 1. The molecule has 0 bridgehead atoms. The van der Waals surface area contributed by atoms with Crippen molar-refractivity contribution in [2.75, 3.05) is 5.32 Å². The van der Waals surface area contributed by atoms with Crippen LogP contribution in [0.25, 0.3) is 0 Å². The molecule has 6 nitrogen and oxygen atoms in total. The van der Waals surface area contributed by atoms with Gasteiger partial charge in [-0.05, 0) is 41.5 Å². The minimum Gasteiger partial charge on any atom is -0.481 e. The summed E-state index contributed by atoms with van der Waals surface area (Å²) >= 11 is 0. The maximum Gasteiger partial charge on any atom is 0.309 e. The summed E-state index contributed by atoms with van der Waals surface area (Å²) in [6, 6.07) is 0.204. The van der Waals surface area contributed by atoms with Gasteiger partial charge in [-0.25, -0.2) is 0 Å². The standard InChI is InChI=1S/C14H23N3O3/c1-8(2)17-10(4)12(9(3)16-17)15-11(18)7-14(5,6)13(19)20/h8H,7H2,1-6H3,(H,15,18)(H,19,20). The molecule has 1 amide bonds. The lowest BCUT2D eigenvalue weighted by Gasteiger charge is -2.18. The first-order chi connectivity index (χ1) is 9.06. The van der Waals surface area contributed by atoms with E-state index in [-0.39, 0.29) is 18.4 Å². The van der Waals surface area contributed by atoms with Crippen molar-refractivity contribution in [3.8, 4) is 0 Å². The molecule has 6 heteroatoms. The minimum absolute atomic E-state index is 0.0753.